The number of ether oxygens (including phenoxy) is 1. The van der Waals surface area contributed by atoms with E-state index in [1.54, 1.807) is 5.48 Å². The third-order valence-electron chi connectivity index (χ3n) is 2.17. The molecule has 0 saturated heterocycles. The number of hydrogen-bond donors (Lipinski definition) is 2. The zero-order valence-corrected chi connectivity index (χ0v) is 10.8. The third-order valence-corrected chi connectivity index (χ3v) is 2.25. The number of rotatable bonds is 3. The van der Waals surface area contributed by atoms with E-state index in [0.29, 0.717) is 0 Å². The Morgan fingerprint density at radius 3 is 2.95 bits per heavy atom. The first kappa shape index (κ1) is 14.0. The van der Waals surface area contributed by atoms with Gasteiger partial charge in [0.1, 0.15) is 5.69 Å². The Bertz CT molecular complexity index is 649. The van der Waals surface area contributed by atoms with E-state index in [1.807, 2.05) is 0 Å². The number of pyridine rings is 1. The molecule has 0 bridgehead atoms. The van der Waals surface area contributed by atoms with Crippen molar-refractivity contribution in [2.45, 2.75) is 0 Å². The molecule has 20 heavy (non-hydrogen) atoms. The molecule has 0 saturated carbocycles. The molecule has 2 aromatic rings. The number of nitrogen functional groups attached to an aromatic ring is 1. The monoisotopic (exact) mass is 302 g/mol. The summed E-state index contributed by atoms with van der Waals surface area (Å²) >= 11 is 4.84. The molecule has 2 rings (SSSR count). The number of hydroxylamine groups is 1. The van der Waals surface area contributed by atoms with Crippen LogP contribution in [-0.4, -0.2) is 26.1 Å². The van der Waals surface area contributed by atoms with Gasteiger partial charge in [0, 0.05) is 13.1 Å². The van der Waals surface area contributed by atoms with Crippen molar-refractivity contribution in [1.82, 2.24) is 25.5 Å². The highest BCUT2D eigenvalue weighted by Gasteiger charge is 2.21. The normalized spacial score (nSPS) is 10.3. The Kier molecular flexibility index (Phi) is 3.96. The molecule has 2 heterocycles. The topological polar surface area (TPSA) is 117 Å². The molecular weight excluding hydrogens is 295 g/mol. The van der Waals surface area contributed by atoms with Crippen molar-refractivity contribution in [1.29, 1.82) is 0 Å². The molecule has 0 spiro atoms. The van der Waals surface area contributed by atoms with Gasteiger partial charge in [-0.3, -0.25) is 0 Å². The maximum absolute atomic E-state index is 13.8. The predicted octanol–water partition coefficient (Wildman–Crippen LogP) is 0.772. The molecule has 9 nitrogen and oxygen atoms in total. The highest BCUT2D eigenvalue weighted by atomic mass is 35.5. The van der Waals surface area contributed by atoms with Crippen molar-refractivity contribution >= 4 is 23.6 Å². The van der Waals surface area contributed by atoms with E-state index in [0.717, 1.165) is 10.7 Å². The van der Waals surface area contributed by atoms with E-state index in [-0.39, 0.29) is 23.0 Å². The molecule has 106 valence electrons. The molecule has 0 aromatic carbocycles. The summed E-state index contributed by atoms with van der Waals surface area (Å²) in [4.78, 5) is 15.0. The summed E-state index contributed by atoms with van der Waals surface area (Å²) < 4.78 is 23.6. The first-order chi connectivity index (χ1) is 9.52. The molecule has 0 aliphatic rings. The quantitative estimate of drug-likeness (QED) is 0.804. The van der Waals surface area contributed by atoms with Crippen LogP contribution in [0.3, 0.4) is 0 Å². The number of aryl methyl sites for hydroxylation is 1. The van der Waals surface area contributed by atoms with Gasteiger partial charge < -0.3 is 10.5 Å². The Morgan fingerprint density at radius 1 is 1.55 bits per heavy atom. The fourth-order valence-corrected chi connectivity index (χ4v) is 1.44. The lowest BCUT2D eigenvalue weighted by Crippen LogP contribution is -2.25. The summed E-state index contributed by atoms with van der Waals surface area (Å²) in [6.07, 6.45) is 0.196. The Hall–Kier alpha value is -2.46. The lowest BCUT2D eigenvalue weighted by Gasteiger charge is -2.05. The summed E-state index contributed by atoms with van der Waals surface area (Å²) in [5, 5.41) is 7.30. The van der Waals surface area contributed by atoms with Gasteiger partial charge >= 0.3 is 6.09 Å². The number of hydrogen-bond acceptors (Lipinski definition) is 7. The molecule has 0 aliphatic heterocycles. The minimum absolute atomic E-state index is 0.0743. The highest BCUT2D eigenvalue weighted by molar-refractivity contribution is 6.07. The van der Waals surface area contributed by atoms with Gasteiger partial charge in [0.15, 0.2) is 11.5 Å². The number of nitrogens with zero attached hydrogens (tertiary/aromatic N) is 4. The first-order valence-electron chi connectivity index (χ1n) is 5.09. The van der Waals surface area contributed by atoms with Gasteiger partial charge in [-0.05, 0) is 0 Å². The van der Waals surface area contributed by atoms with Crippen LogP contribution in [0.1, 0.15) is 0 Å². The number of nitrogens with one attached hydrogen (secondary N) is 1. The summed E-state index contributed by atoms with van der Waals surface area (Å²) in [5.74, 6) is -0.878. The second kappa shape index (κ2) is 5.67. The SMILES string of the molecule is Cn1nnc(-c2ncc(N)cc2F)c1OC(=O)NOCl. The van der Waals surface area contributed by atoms with Gasteiger partial charge in [0.05, 0.1) is 23.8 Å². The molecule has 1 amide bonds. The summed E-state index contributed by atoms with van der Waals surface area (Å²) in [7, 11) is 1.44. The van der Waals surface area contributed by atoms with Crippen molar-refractivity contribution in [3.05, 3.63) is 18.1 Å². The van der Waals surface area contributed by atoms with Crippen molar-refractivity contribution in [3.8, 4) is 17.3 Å². The van der Waals surface area contributed by atoms with Crippen molar-refractivity contribution in [2.75, 3.05) is 5.73 Å². The van der Waals surface area contributed by atoms with Crippen LogP contribution in [0.15, 0.2) is 12.3 Å². The molecule has 0 aliphatic carbocycles. The molecule has 0 fully saturated rings. The van der Waals surface area contributed by atoms with E-state index >= 15 is 0 Å². The number of carbonyl (C=O) groups excluding carboxylic acids is 1. The van der Waals surface area contributed by atoms with Crippen molar-refractivity contribution < 1.29 is 18.3 Å². The number of nitrogens with two attached hydrogens (primary N) is 1. The van der Waals surface area contributed by atoms with Crippen LogP contribution in [0.25, 0.3) is 11.4 Å². The fourth-order valence-electron chi connectivity index (χ4n) is 1.38. The van der Waals surface area contributed by atoms with Crippen molar-refractivity contribution in [2.24, 2.45) is 7.05 Å². The highest BCUT2D eigenvalue weighted by Crippen LogP contribution is 2.28. The maximum Gasteiger partial charge on any atom is 0.439 e. The van der Waals surface area contributed by atoms with Gasteiger partial charge in [-0.1, -0.05) is 5.21 Å². The van der Waals surface area contributed by atoms with E-state index in [1.165, 1.54) is 13.2 Å². The van der Waals surface area contributed by atoms with E-state index < -0.39 is 11.9 Å². The van der Waals surface area contributed by atoms with Crippen LogP contribution in [0.4, 0.5) is 14.9 Å². The van der Waals surface area contributed by atoms with Crippen LogP contribution in [0.2, 0.25) is 0 Å². The lowest BCUT2D eigenvalue weighted by molar-refractivity contribution is 0.146. The van der Waals surface area contributed by atoms with E-state index in [4.69, 9.17) is 22.3 Å². The minimum atomic E-state index is -1.04. The van der Waals surface area contributed by atoms with E-state index in [2.05, 4.69) is 19.7 Å². The predicted molar refractivity (Wildman–Crippen MR) is 64.7 cm³/mol. The summed E-state index contributed by atoms with van der Waals surface area (Å²) in [6.45, 7) is 0. The first-order valence-corrected chi connectivity index (χ1v) is 5.40. The lowest BCUT2D eigenvalue weighted by atomic mass is 10.2. The minimum Gasteiger partial charge on any atom is -0.397 e. The smallest absolute Gasteiger partial charge is 0.397 e. The number of anilines is 1. The standard InChI is InChI=1S/C9H8ClFN6O3/c1-17-8(19-9(18)15-20-10)7(14-16-17)6-5(11)2-4(12)3-13-6/h2-3H,12H2,1H3,(H,15,18). The fraction of sp³-hybridized carbons (Fsp3) is 0.111. The van der Waals surface area contributed by atoms with Crippen LogP contribution in [0, 0.1) is 5.82 Å². The summed E-state index contributed by atoms with van der Waals surface area (Å²) in [5.41, 5.74) is 7.02. The number of carbonyl (C=O) groups is 1. The zero-order chi connectivity index (χ0) is 14.7. The second-order valence-electron chi connectivity index (χ2n) is 3.53. The molecular formula is C9H8ClFN6O3. The van der Waals surface area contributed by atoms with Gasteiger partial charge in [-0.2, -0.15) is 9.87 Å². The molecule has 0 unspecified atom stereocenters. The van der Waals surface area contributed by atoms with Crippen molar-refractivity contribution in [3.63, 3.8) is 0 Å². The molecule has 3 N–H and O–H groups in total. The molecule has 11 heteroatoms. The number of halogens is 2. The molecule has 0 radical (unpaired) electrons. The van der Waals surface area contributed by atoms with Gasteiger partial charge in [0.25, 0.3) is 5.88 Å². The zero-order valence-electron chi connectivity index (χ0n) is 10.0. The molecule has 0 atom stereocenters. The average molecular weight is 303 g/mol. The molecule has 2 aromatic heterocycles. The van der Waals surface area contributed by atoms with Gasteiger partial charge in [-0.25, -0.2) is 18.9 Å². The Morgan fingerprint density at radius 2 is 2.30 bits per heavy atom. The largest absolute Gasteiger partial charge is 0.439 e. The number of aromatic nitrogens is 4. The summed E-state index contributed by atoms with van der Waals surface area (Å²) in [6, 6.07) is 1.06. The Balaban J connectivity index is 2.40. The average Bonchev–Trinajstić information content (AvgIpc) is 2.72. The van der Waals surface area contributed by atoms with Crippen LogP contribution in [-0.2, 0) is 11.4 Å². The maximum atomic E-state index is 13.8. The van der Waals surface area contributed by atoms with Crippen LogP contribution in [0.5, 0.6) is 5.88 Å². The van der Waals surface area contributed by atoms with Gasteiger partial charge in [-0.15, -0.1) is 5.10 Å². The van der Waals surface area contributed by atoms with Crippen LogP contribution >= 0.6 is 11.9 Å². The Labute approximate surface area is 116 Å². The third kappa shape index (κ3) is 2.75. The number of amides is 1. The van der Waals surface area contributed by atoms with E-state index in [9.17, 15) is 9.18 Å². The van der Waals surface area contributed by atoms with Gasteiger partial charge in [0.2, 0.25) is 0 Å². The second-order valence-corrected chi connectivity index (χ2v) is 3.69. The van der Waals surface area contributed by atoms with Crippen LogP contribution < -0.4 is 16.0 Å².